The molecule has 1 N–H and O–H groups in total. The number of hydrogen-bond acceptors (Lipinski definition) is 5. The smallest absolute Gasteiger partial charge is 0.261 e. The maximum atomic E-state index is 12.5. The molecule has 0 saturated heterocycles. The number of carbonyl (C=O) groups is 1. The first-order valence-electron chi connectivity index (χ1n) is 8.72. The van der Waals surface area contributed by atoms with Gasteiger partial charge in [-0.1, -0.05) is 12.1 Å². The number of nitrogens with one attached hydrogen (secondary N) is 1. The maximum absolute atomic E-state index is 12.5. The summed E-state index contributed by atoms with van der Waals surface area (Å²) in [6, 6.07) is 12.1. The van der Waals surface area contributed by atoms with Crippen LogP contribution in [0.1, 0.15) is 6.42 Å². The third-order valence-corrected chi connectivity index (χ3v) is 4.51. The Hall–Kier alpha value is -3.81. The van der Waals surface area contributed by atoms with Crippen LogP contribution in [0.5, 0.6) is 0 Å². The number of benzene rings is 2. The first-order valence-corrected chi connectivity index (χ1v) is 8.72. The lowest BCUT2D eigenvalue weighted by atomic mass is 10.2. The van der Waals surface area contributed by atoms with Crippen molar-refractivity contribution in [2.75, 3.05) is 5.32 Å². The summed E-state index contributed by atoms with van der Waals surface area (Å²) in [5.41, 5.74) is 1.33. The van der Waals surface area contributed by atoms with E-state index < -0.39 is 0 Å². The van der Waals surface area contributed by atoms with Crippen LogP contribution in [0.25, 0.3) is 21.8 Å². The monoisotopic (exact) mass is 375 g/mol. The van der Waals surface area contributed by atoms with E-state index in [1.165, 1.54) is 21.8 Å². The molecule has 8 heteroatoms. The van der Waals surface area contributed by atoms with E-state index in [9.17, 15) is 14.4 Å². The molecule has 0 bridgehead atoms. The summed E-state index contributed by atoms with van der Waals surface area (Å²) in [4.78, 5) is 45.4. The molecule has 0 aliphatic carbocycles. The van der Waals surface area contributed by atoms with Gasteiger partial charge in [-0.2, -0.15) is 0 Å². The van der Waals surface area contributed by atoms with Gasteiger partial charge in [-0.25, -0.2) is 9.97 Å². The fraction of sp³-hybridized carbons (Fsp3) is 0.150. The minimum atomic E-state index is -0.264. The Bertz CT molecular complexity index is 1320. The second kappa shape index (κ2) is 7.07. The van der Waals surface area contributed by atoms with Gasteiger partial charge in [0.2, 0.25) is 5.91 Å². The fourth-order valence-electron chi connectivity index (χ4n) is 3.00. The van der Waals surface area contributed by atoms with Crippen molar-refractivity contribution in [3.05, 3.63) is 75.8 Å². The van der Waals surface area contributed by atoms with E-state index in [-0.39, 0.29) is 30.0 Å². The molecule has 0 fully saturated rings. The van der Waals surface area contributed by atoms with Crippen molar-refractivity contribution >= 4 is 33.4 Å². The van der Waals surface area contributed by atoms with Crippen LogP contribution in [-0.2, 0) is 18.4 Å². The molecule has 2 aromatic heterocycles. The number of rotatable bonds is 4. The summed E-state index contributed by atoms with van der Waals surface area (Å²) in [6.45, 7) is 0.208. The summed E-state index contributed by atoms with van der Waals surface area (Å²) in [6.07, 6.45) is 3.00. The average molecular weight is 375 g/mol. The van der Waals surface area contributed by atoms with Gasteiger partial charge in [-0.3, -0.25) is 19.0 Å². The molecule has 140 valence electrons. The Morgan fingerprint density at radius 2 is 1.71 bits per heavy atom. The number of fused-ring (bicyclic) bond motifs is 2. The number of hydrogen-bond donors (Lipinski definition) is 1. The van der Waals surface area contributed by atoms with Gasteiger partial charge in [0, 0.05) is 25.7 Å². The van der Waals surface area contributed by atoms with Crippen molar-refractivity contribution < 1.29 is 4.79 Å². The van der Waals surface area contributed by atoms with Gasteiger partial charge in [-0.15, -0.1) is 0 Å². The van der Waals surface area contributed by atoms with Crippen LogP contribution in [0, 0.1) is 0 Å². The second-order valence-corrected chi connectivity index (χ2v) is 6.45. The van der Waals surface area contributed by atoms with Crippen molar-refractivity contribution in [1.29, 1.82) is 0 Å². The lowest BCUT2D eigenvalue weighted by Crippen LogP contribution is -2.23. The molecule has 0 saturated carbocycles. The molecule has 0 aliphatic heterocycles. The maximum Gasteiger partial charge on any atom is 0.261 e. The Morgan fingerprint density at radius 3 is 2.57 bits per heavy atom. The summed E-state index contributed by atoms with van der Waals surface area (Å²) in [5, 5.41) is 3.70. The standard InChI is InChI=1S/C20H17N5O3/c1-24-11-21-17-7-6-13(10-15(17)19(24)27)23-18(26)8-9-25-12-22-16-5-3-2-4-14(16)20(25)28/h2-7,10-12H,8-9H2,1H3,(H,23,26). The lowest BCUT2D eigenvalue weighted by Gasteiger charge is -2.08. The topological polar surface area (TPSA) is 98.9 Å². The quantitative estimate of drug-likeness (QED) is 0.585. The van der Waals surface area contributed by atoms with Crippen LogP contribution in [0.15, 0.2) is 64.7 Å². The zero-order valence-electron chi connectivity index (χ0n) is 15.1. The molecular weight excluding hydrogens is 358 g/mol. The highest BCUT2D eigenvalue weighted by Crippen LogP contribution is 2.14. The molecule has 4 aromatic rings. The van der Waals surface area contributed by atoms with Crippen LogP contribution in [0.4, 0.5) is 5.69 Å². The van der Waals surface area contributed by atoms with Crippen molar-refractivity contribution in [2.45, 2.75) is 13.0 Å². The highest BCUT2D eigenvalue weighted by molar-refractivity contribution is 5.93. The third-order valence-electron chi connectivity index (χ3n) is 4.51. The zero-order valence-corrected chi connectivity index (χ0v) is 15.1. The fourth-order valence-corrected chi connectivity index (χ4v) is 3.00. The number of nitrogens with zero attached hydrogens (tertiary/aromatic N) is 4. The van der Waals surface area contributed by atoms with Crippen molar-refractivity contribution in [2.24, 2.45) is 7.05 Å². The number of amides is 1. The molecule has 4 rings (SSSR count). The van der Waals surface area contributed by atoms with E-state index in [1.54, 1.807) is 43.4 Å². The summed E-state index contributed by atoms with van der Waals surface area (Å²) >= 11 is 0. The van der Waals surface area contributed by atoms with Gasteiger partial charge in [0.05, 0.1) is 34.5 Å². The van der Waals surface area contributed by atoms with E-state index >= 15 is 0 Å². The van der Waals surface area contributed by atoms with E-state index in [0.717, 1.165) is 0 Å². The molecule has 8 nitrogen and oxygen atoms in total. The number of aryl methyl sites for hydroxylation is 2. The Morgan fingerprint density at radius 1 is 0.964 bits per heavy atom. The summed E-state index contributed by atoms with van der Waals surface area (Å²) in [5.74, 6) is -0.264. The van der Waals surface area contributed by atoms with Crippen LogP contribution in [0.2, 0.25) is 0 Å². The molecule has 0 atom stereocenters. The first kappa shape index (κ1) is 17.6. The van der Waals surface area contributed by atoms with Gasteiger partial charge >= 0.3 is 0 Å². The van der Waals surface area contributed by atoms with E-state index in [1.807, 2.05) is 6.07 Å². The highest BCUT2D eigenvalue weighted by atomic mass is 16.2. The molecule has 1 amide bonds. The molecule has 0 unspecified atom stereocenters. The van der Waals surface area contributed by atoms with Gasteiger partial charge < -0.3 is 9.88 Å². The summed E-state index contributed by atoms with van der Waals surface area (Å²) in [7, 11) is 1.62. The summed E-state index contributed by atoms with van der Waals surface area (Å²) < 4.78 is 2.80. The minimum absolute atomic E-state index is 0.100. The molecule has 0 radical (unpaired) electrons. The predicted molar refractivity (Wildman–Crippen MR) is 106 cm³/mol. The van der Waals surface area contributed by atoms with Gasteiger partial charge in [0.25, 0.3) is 11.1 Å². The average Bonchev–Trinajstić information content (AvgIpc) is 2.71. The Labute approximate surface area is 159 Å². The highest BCUT2D eigenvalue weighted by Gasteiger charge is 2.08. The van der Waals surface area contributed by atoms with Crippen molar-refractivity contribution in [3.8, 4) is 0 Å². The molecular formula is C20H17N5O3. The lowest BCUT2D eigenvalue weighted by molar-refractivity contribution is -0.116. The number of anilines is 1. The zero-order chi connectivity index (χ0) is 19.7. The molecule has 2 heterocycles. The number of para-hydroxylation sites is 1. The molecule has 0 spiro atoms. The minimum Gasteiger partial charge on any atom is -0.326 e. The number of aromatic nitrogens is 4. The number of carbonyl (C=O) groups excluding carboxylic acids is 1. The largest absolute Gasteiger partial charge is 0.326 e. The second-order valence-electron chi connectivity index (χ2n) is 6.45. The Kier molecular flexibility index (Phi) is 4.44. The first-order chi connectivity index (χ1) is 13.5. The molecule has 28 heavy (non-hydrogen) atoms. The molecule has 2 aromatic carbocycles. The van der Waals surface area contributed by atoms with Crippen LogP contribution in [0.3, 0.4) is 0 Å². The van der Waals surface area contributed by atoms with Crippen molar-refractivity contribution in [3.63, 3.8) is 0 Å². The van der Waals surface area contributed by atoms with E-state index in [4.69, 9.17) is 0 Å². The normalized spacial score (nSPS) is 11.0. The Balaban J connectivity index is 1.50. The van der Waals surface area contributed by atoms with Crippen molar-refractivity contribution in [1.82, 2.24) is 19.1 Å². The van der Waals surface area contributed by atoms with E-state index in [2.05, 4.69) is 15.3 Å². The van der Waals surface area contributed by atoms with Crippen LogP contribution in [-0.4, -0.2) is 25.0 Å². The SMILES string of the molecule is Cn1cnc2ccc(NC(=O)CCn3cnc4ccccc4c3=O)cc2c1=O. The van der Waals surface area contributed by atoms with Gasteiger partial charge in [-0.05, 0) is 30.3 Å². The van der Waals surface area contributed by atoms with Gasteiger partial charge in [0.15, 0.2) is 0 Å². The van der Waals surface area contributed by atoms with Crippen LogP contribution < -0.4 is 16.4 Å². The molecule has 0 aliphatic rings. The van der Waals surface area contributed by atoms with Crippen LogP contribution >= 0.6 is 0 Å². The third kappa shape index (κ3) is 3.27. The van der Waals surface area contributed by atoms with Gasteiger partial charge in [0.1, 0.15) is 0 Å². The van der Waals surface area contributed by atoms with E-state index in [0.29, 0.717) is 27.5 Å². The predicted octanol–water partition coefficient (Wildman–Crippen LogP) is 1.67.